The molecule has 0 spiro atoms. The van der Waals surface area contributed by atoms with Crippen molar-refractivity contribution in [1.29, 1.82) is 0 Å². The molecule has 1 aliphatic heterocycles. The van der Waals surface area contributed by atoms with Crippen LogP contribution in [0.15, 0.2) is 22.7 Å². The maximum Gasteiger partial charge on any atom is 0.260 e. The van der Waals surface area contributed by atoms with Gasteiger partial charge in [0.2, 0.25) is 5.89 Å². The second kappa shape index (κ2) is 10.9. The number of rotatable bonds is 10. The molecule has 1 unspecified atom stereocenters. The van der Waals surface area contributed by atoms with Gasteiger partial charge in [-0.1, -0.05) is 19.0 Å². The fourth-order valence-corrected chi connectivity index (χ4v) is 4.03. The van der Waals surface area contributed by atoms with Gasteiger partial charge in [0.25, 0.3) is 11.8 Å². The Morgan fingerprint density at radius 2 is 1.91 bits per heavy atom. The Morgan fingerprint density at radius 1 is 1.15 bits per heavy atom. The molecule has 0 bridgehead atoms. The van der Waals surface area contributed by atoms with Gasteiger partial charge < -0.3 is 24.2 Å². The Bertz CT molecular complexity index is 995. The van der Waals surface area contributed by atoms with E-state index in [2.05, 4.69) is 15.5 Å². The molecule has 0 radical (unpaired) electrons. The zero-order valence-corrected chi connectivity index (χ0v) is 20.2. The fraction of sp³-hybridized carbons (Fsp3) is 0.600. The fourth-order valence-electron chi connectivity index (χ4n) is 4.03. The van der Waals surface area contributed by atoms with Crippen LogP contribution in [-0.2, 0) is 4.79 Å². The topological polar surface area (TPSA) is 107 Å². The first-order chi connectivity index (χ1) is 16.5. The minimum absolute atomic E-state index is 0.0335. The highest BCUT2D eigenvalue weighted by atomic mass is 16.5. The molecule has 2 amide bonds. The summed E-state index contributed by atoms with van der Waals surface area (Å²) in [6, 6.07) is 4.58. The van der Waals surface area contributed by atoms with Gasteiger partial charge in [-0.2, -0.15) is 4.98 Å². The highest BCUT2D eigenvalue weighted by Crippen LogP contribution is 2.38. The molecule has 1 atom stereocenters. The third-order valence-electron chi connectivity index (χ3n) is 6.18. The summed E-state index contributed by atoms with van der Waals surface area (Å²) in [5.74, 6) is 2.14. The summed E-state index contributed by atoms with van der Waals surface area (Å²) in [5.41, 5.74) is 0.422. The number of nitrogens with one attached hydrogen (secondary N) is 1. The summed E-state index contributed by atoms with van der Waals surface area (Å²) >= 11 is 0. The van der Waals surface area contributed by atoms with Crippen molar-refractivity contribution in [1.82, 2.24) is 20.4 Å². The van der Waals surface area contributed by atoms with E-state index >= 15 is 0 Å². The van der Waals surface area contributed by atoms with Crippen LogP contribution in [0.4, 0.5) is 0 Å². The Hall–Kier alpha value is -3.10. The van der Waals surface area contributed by atoms with Crippen LogP contribution in [0.5, 0.6) is 11.5 Å². The molecule has 2 aromatic rings. The van der Waals surface area contributed by atoms with Crippen molar-refractivity contribution in [2.75, 3.05) is 26.3 Å². The summed E-state index contributed by atoms with van der Waals surface area (Å²) in [6.45, 7) is 7.75. The van der Waals surface area contributed by atoms with Crippen molar-refractivity contribution in [2.24, 2.45) is 5.92 Å². The third kappa shape index (κ3) is 5.87. The largest absolute Gasteiger partial charge is 0.490 e. The summed E-state index contributed by atoms with van der Waals surface area (Å²) in [5, 5.41) is 7.09. The number of carbonyl (C=O) groups is 2. The van der Waals surface area contributed by atoms with Crippen LogP contribution in [0.3, 0.4) is 0 Å². The van der Waals surface area contributed by atoms with E-state index in [1.165, 1.54) is 0 Å². The zero-order valence-electron chi connectivity index (χ0n) is 20.2. The maximum absolute atomic E-state index is 13.1. The lowest BCUT2D eigenvalue weighted by atomic mass is 10.0. The molecule has 2 aliphatic rings. The molecule has 1 saturated heterocycles. The number of nitrogens with zero attached hydrogens (tertiary/aromatic N) is 3. The lowest BCUT2D eigenvalue weighted by Gasteiger charge is -2.26. The zero-order chi connectivity index (χ0) is 24.1. The van der Waals surface area contributed by atoms with Gasteiger partial charge in [-0.15, -0.1) is 0 Å². The number of aromatic nitrogens is 2. The van der Waals surface area contributed by atoms with Crippen molar-refractivity contribution in [3.8, 4) is 11.5 Å². The SMILES string of the molecule is CCOc1cc(C(=O)NC(c2nc(C3CC3)no2)C(C)C)ccc1OCC(=O)N1CCCCC1. The molecule has 1 N–H and O–H groups in total. The van der Waals surface area contributed by atoms with E-state index in [1.54, 1.807) is 18.2 Å². The smallest absolute Gasteiger partial charge is 0.260 e. The van der Waals surface area contributed by atoms with Crippen LogP contribution in [0, 0.1) is 5.92 Å². The van der Waals surface area contributed by atoms with Gasteiger partial charge in [-0.3, -0.25) is 9.59 Å². The standard InChI is InChI=1S/C25H34N4O5/c1-4-32-20-14-18(10-11-19(20)33-15-21(30)29-12-6-5-7-13-29)24(31)26-22(16(2)3)25-27-23(28-34-25)17-8-9-17/h10-11,14,16-17,22H,4-9,12-13,15H2,1-3H3,(H,26,31). The van der Waals surface area contributed by atoms with E-state index in [4.69, 9.17) is 14.0 Å². The summed E-state index contributed by atoms with van der Waals surface area (Å²) in [7, 11) is 0. The lowest BCUT2D eigenvalue weighted by Crippen LogP contribution is -2.38. The van der Waals surface area contributed by atoms with Crippen LogP contribution in [0.1, 0.15) is 86.9 Å². The van der Waals surface area contributed by atoms with Crippen LogP contribution in [0.25, 0.3) is 0 Å². The van der Waals surface area contributed by atoms with E-state index < -0.39 is 6.04 Å². The first kappa shape index (κ1) is 24.0. The number of amides is 2. The van der Waals surface area contributed by atoms with E-state index in [1.807, 2.05) is 25.7 Å². The van der Waals surface area contributed by atoms with E-state index in [-0.39, 0.29) is 24.3 Å². The highest BCUT2D eigenvalue weighted by molar-refractivity contribution is 5.95. The number of piperidine rings is 1. The molecule has 4 rings (SSSR count). The van der Waals surface area contributed by atoms with Gasteiger partial charge in [-0.05, 0) is 63.1 Å². The minimum Gasteiger partial charge on any atom is -0.490 e. The molecule has 2 heterocycles. The molecule has 9 nitrogen and oxygen atoms in total. The predicted octanol–water partition coefficient (Wildman–Crippen LogP) is 3.86. The molecule has 1 aromatic carbocycles. The van der Waals surface area contributed by atoms with Crippen molar-refractivity contribution in [2.45, 2.75) is 64.8 Å². The summed E-state index contributed by atoms with van der Waals surface area (Å²) in [4.78, 5) is 31.9. The Labute approximate surface area is 200 Å². The molecular formula is C25H34N4O5. The number of carbonyl (C=O) groups excluding carboxylic acids is 2. The first-order valence-electron chi connectivity index (χ1n) is 12.3. The van der Waals surface area contributed by atoms with Crippen LogP contribution < -0.4 is 14.8 Å². The number of hydrogen-bond acceptors (Lipinski definition) is 7. The quantitative estimate of drug-likeness (QED) is 0.562. The van der Waals surface area contributed by atoms with E-state index in [0.29, 0.717) is 41.3 Å². The number of benzene rings is 1. The Morgan fingerprint density at radius 3 is 2.59 bits per heavy atom. The Kier molecular flexibility index (Phi) is 7.70. The molecular weight excluding hydrogens is 436 g/mol. The maximum atomic E-state index is 13.1. The van der Waals surface area contributed by atoms with Gasteiger partial charge in [0.05, 0.1) is 6.61 Å². The molecule has 1 aliphatic carbocycles. The molecule has 184 valence electrons. The second-order valence-corrected chi connectivity index (χ2v) is 9.28. The van der Waals surface area contributed by atoms with Crippen molar-refractivity contribution >= 4 is 11.8 Å². The van der Waals surface area contributed by atoms with E-state index in [0.717, 1.165) is 45.2 Å². The number of ether oxygens (including phenoxy) is 2. The number of likely N-dealkylation sites (tertiary alicyclic amines) is 1. The average Bonchev–Trinajstić information content (AvgIpc) is 3.59. The summed E-state index contributed by atoms with van der Waals surface area (Å²) < 4.78 is 16.9. The molecule has 2 fully saturated rings. The van der Waals surface area contributed by atoms with Gasteiger partial charge in [0.15, 0.2) is 23.9 Å². The predicted molar refractivity (Wildman–Crippen MR) is 125 cm³/mol. The molecule has 9 heteroatoms. The molecule has 34 heavy (non-hydrogen) atoms. The molecule has 1 aromatic heterocycles. The van der Waals surface area contributed by atoms with Gasteiger partial charge in [-0.25, -0.2) is 0 Å². The van der Waals surface area contributed by atoms with Gasteiger partial charge in [0.1, 0.15) is 6.04 Å². The van der Waals surface area contributed by atoms with E-state index in [9.17, 15) is 9.59 Å². The van der Waals surface area contributed by atoms with Crippen LogP contribution >= 0.6 is 0 Å². The van der Waals surface area contributed by atoms with Gasteiger partial charge >= 0.3 is 0 Å². The van der Waals surface area contributed by atoms with Crippen LogP contribution in [-0.4, -0.2) is 53.2 Å². The monoisotopic (exact) mass is 470 g/mol. The van der Waals surface area contributed by atoms with Crippen LogP contribution in [0.2, 0.25) is 0 Å². The third-order valence-corrected chi connectivity index (χ3v) is 6.18. The van der Waals surface area contributed by atoms with Crippen molar-refractivity contribution < 1.29 is 23.6 Å². The number of hydrogen-bond donors (Lipinski definition) is 1. The summed E-state index contributed by atoms with van der Waals surface area (Å²) in [6.07, 6.45) is 5.38. The van der Waals surface area contributed by atoms with Crippen molar-refractivity contribution in [3.63, 3.8) is 0 Å². The van der Waals surface area contributed by atoms with Crippen molar-refractivity contribution in [3.05, 3.63) is 35.5 Å². The molecule has 1 saturated carbocycles. The minimum atomic E-state index is -0.402. The Balaban J connectivity index is 1.43. The highest BCUT2D eigenvalue weighted by Gasteiger charge is 2.32. The van der Waals surface area contributed by atoms with Gasteiger partial charge in [0, 0.05) is 24.6 Å². The first-order valence-corrected chi connectivity index (χ1v) is 12.3. The normalized spacial score (nSPS) is 16.9. The average molecular weight is 471 g/mol. The lowest BCUT2D eigenvalue weighted by molar-refractivity contribution is -0.134. The second-order valence-electron chi connectivity index (χ2n) is 9.28.